The van der Waals surface area contributed by atoms with E-state index in [1.807, 2.05) is 0 Å². The molecule has 1 aromatic carbocycles. The predicted molar refractivity (Wildman–Crippen MR) is 55.3 cm³/mol. The van der Waals surface area contributed by atoms with Gasteiger partial charge in [-0.15, -0.1) is 12.4 Å². The molecule has 0 spiro atoms. The summed E-state index contributed by atoms with van der Waals surface area (Å²) in [5, 5.41) is 13.5. The Hall–Kier alpha value is -1.82. The molecule has 6 nitrogen and oxygen atoms in total. The maximum Gasteiger partial charge on any atom is 0.269 e. The van der Waals surface area contributed by atoms with Crippen molar-refractivity contribution in [2.75, 3.05) is 0 Å². The van der Waals surface area contributed by atoms with Crippen molar-refractivity contribution < 1.29 is 4.92 Å². The van der Waals surface area contributed by atoms with E-state index in [2.05, 4.69) is 5.10 Å². The van der Waals surface area contributed by atoms with Crippen LogP contribution in [0.5, 0.6) is 0 Å². The molecule has 0 saturated carbocycles. The summed E-state index contributed by atoms with van der Waals surface area (Å²) >= 11 is 0. The van der Waals surface area contributed by atoms with Crippen LogP contribution < -0.4 is 11.6 Å². The van der Waals surface area contributed by atoms with Crippen molar-refractivity contribution in [3.8, 4) is 0 Å². The van der Waals surface area contributed by atoms with Gasteiger partial charge in [0, 0.05) is 17.7 Å². The van der Waals surface area contributed by atoms with Crippen molar-refractivity contribution in [3.05, 3.63) is 39.9 Å². The number of hydrogen-bond acceptors (Lipinski definition) is 4. The van der Waals surface area contributed by atoms with Gasteiger partial charge in [0.2, 0.25) is 0 Å². The van der Waals surface area contributed by atoms with Crippen LogP contribution in [0.4, 0.5) is 5.69 Å². The van der Waals surface area contributed by atoms with E-state index in [-0.39, 0.29) is 23.9 Å². The third-order valence-electron chi connectivity index (χ3n) is 1.51. The Labute approximate surface area is 86.1 Å². The second-order valence-corrected chi connectivity index (χ2v) is 2.32. The van der Waals surface area contributed by atoms with Gasteiger partial charge in [0.1, 0.15) is 5.84 Å². The molecule has 0 heterocycles. The van der Waals surface area contributed by atoms with Gasteiger partial charge in [0.25, 0.3) is 5.69 Å². The van der Waals surface area contributed by atoms with E-state index in [4.69, 9.17) is 11.6 Å². The van der Waals surface area contributed by atoms with Crippen LogP contribution in [-0.4, -0.2) is 10.8 Å². The van der Waals surface area contributed by atoms with E-state index in [1.54, 1.807) is 0 Å². The lowest BCUT2D eigenvalue weighted by molar-refractivity contribution is -0.384. The lowest BCUT2D eigenvalue weighted by atomic mass is 10.2. The van der Waals surface area contributed by atoms with Gasteiger partial charge >= 0.3 is 0 Å². The lowest BCUT2D eigenvalue weighted by Crippen LogP contribution is -2.15. The van der Waals surface area contributed by atoms with Crippen molar-refractivity contribution in [1.29, 1.82) is 0 Å². The summed E-state index contributed by atoms with van der Waals surface area (Å²) in [4.78, 5) is 9.78. The Bertz CT molecular complexity index is 349. The molecule has 0 aliphatic carbocycles. The molecule has 0 saturated heterocycles. The SMILES string of the molecule is Cl.NN=C(N)c1ccc([N+](=O)[O-])cc1. The second kappa shape index (κ2) is 5.03. The van der Waals surface area contributed by atoms with E-state index in [1.165, 1.54) is 24.3 Å². The van der Waals surface area contributed by atoms with Gasteiger partial charge in [-0.25, -0.2) is 0 Å². The van der Waals surface area contributed by atoms with Crippen LogP contribution >= 0.6 is 12.4 Å². The quantitative estimate of drug-likeness (QED) is 0.248. The summed E-state index contributed by atoms with van der Waals surface area (Å²) in [6.45, 7) is 0. The average molecular weight is 217 g/mol. The molecule has 1 rings (SSSR count). The lowest BCUT2D eigenvalue weighted by Gasteiger charge is -1.97. The largest absolute Gasteiger partial charge is 0.382 e. The molecule has 4 N–H and O–H groups in total. The number of hydrazone groups is 1. The summed E-state index contributed by atoms with van der Waals surface area (Å²) in [5.74, 6) is 5.08. The first-order valence-electron chi connectivity index (χ1n) is 3.43. The maximum absolute atomic E-state index is 10.3. The Morgan fingerprint density at radius 1 is 1.36 bits per heavy atom. The first-order chi connectivity index (χ1) is 6.15. The minimum absolute atomic E-state index is 0. The summed E-state index contributed by atoms with van der Waals surface area (Å²) in [6.07, 6.45) is 0. The minimum Gasteiger partial charge on any atom is -0.382 e. The highest BCUT2D eigenvalue weighted by Crippen LogP contribution is 2.11. The third kappa shape index (κ3) is 2.60. The average Bonchev–Trinajstić information content (AvgIpc) is 2.17. The molecule has 0 atom stereocenters. The van der Waals surface area contributed by atoms with E-state index in [0.29, 0.717) is 5.56 Å². The molecule has 0 bridgehead atoms. The molecule has 0 aliphatic rings. The van der Waals surface area contributed by atoms with Crippen molar-refractivity contribution in [1.82, 2.24) is 0 Å². The van der Waals surface area contributed by atoms with Crippen molar-refractivity contribution in [2.45, 2.75) is 0 Å². The molecule has 0 radical (unpaired) electrons. The number of nitro groups is 1. The Kier molecular flexibility index (Phi) is 4.37. The highest BCUT2D eigenvalue weighted by molar-refractivity contribution is 5.97. The van der Waals surface area contributed by atoms with Crippen molar-refractivity contribution in [2.24, 2.45) is 16.7 Å². The van der Waals surface area contributed by atoms with Crippen LogP contribution in [0.15, 0.2) is 29.4 Å². The molecule has 1 aromatic rings. The number of hydrogen-bond donors (Lipinski definition) is 2. The second-order valence-electron chi connectivity index (χ2n) is 2.32. The molecule has 0 aromatic heterocycles. The molecule has 0 aliphatic heterocycles. The van der Waals surface area contributed by atoms with Gasteiger partial charge < -0.3 is 11.6 Å². The highest BCUT2D eigenvalue weighted by Gasteiger charge is 2.04. The van der Waals surface area contributed by atoms with Crippen molar-refractivity contribution in [3.63, 3.8) is 0 Å². The monoisotopic (exact) mass is 216 g/mol. The molecule has 0 fully saturated rings. The molecule has 76 valence electrons. The van der Waals surface area contributed by atoms with Crippen LogP contribution in [-0.2, 0) is 0 Å². The number of nitrogens with zero attached hydrogens (tertiary/aromatic N) is 2. The van der Waals surface area contributed by atoms with Crippen LogP contribution in [0.25, 0.3) is 0 Å². The van der Waals surface area contributed by atoms with Crippen LogP contribution in [0.1, 0.15) is 5.56 Å². The van der Waals surface area contributed by atoms with E-state index < -0.39 is 4.92 Å². The van der Waals surface area contributed by atoms with E-state index in [0.717, 1.165) is 0 Å². The molecule has 7 heteroatoms. The fourth-order valence-electron chi connectivity index (χ4n) is 0.828. The number of nitro benzene ring substituents is 1. The number of benzene rings is 1. The first kappa shape index (κ1) is 12.2. The van der Waals surface area contributed by atoms with Gasteiger partial charge in [-0.2, -0.15) is 5.10 Å². The van der Waals surface area contributed by atoms with Gasteiger partial charge in [-0.05, 0) is 12.1 Å². The molecule has 14 heavy (non-hydrogen) atoms. The number of nitrogens with two attached hydrogens (primary N) is 2. The number of non-ortho nitro benzene ring substituents is 1. The minimum atomic E-state index is -0.487. The molecular weight excluding hydrogens is 208 g/mol. The zero-order valence-electron chi connectivity index (χ0n) is 7.08. The van der Waals surface area contributed by atoms with Crippen LogP contribution in [0.3, 0.4) is 0 Å². The van der Waals surface area contributed by atoms with Gasteiger partial charge in [0.15, 0.2) is 0 Å². The highest BCUT2D eigenvalue weighted by atomic mass is 35.5. The van der Waals surface area contributed by atoms with Gasteiger partial charge in [0.05, 0.1) is 4.92 Å². The fourth-order valence-corrected chi connectivity index (χ4v) is 0.828. The zero-order valence-corrected chi connectivity index (χ0v) is 7.90. The Morgan fingerprint density at radius 3 is 2.21 bits per heavy atom. The Morgan fingerprint density at radius 2 is 1.86 bits per heavy atom. The summed E-state index contributed by atoms with van der Waals surface area (Å²) in [5.41, 5.74) is 5.95. The van der Waals surface area contributed by atoms with E-state index >= 15 is 0 Å². The molecule has 0 unspecified atom stereocenters. The Balaban J connectivity index is 0.00000169. The number of rotatable bonds is 2. The third-order valence-corrected chi connectivity index (χ3v) is 1.51. The standard InChI is InChI=1S/C7H8N4O2.ClH/c8-7(10-9)5-1-3-6(4-2-5)11(12)13;/h1-4H,9H2,(H2,8,10);1H. The predicted octanol–water partition coefficient (Wildman–Crippen LogP) is 0.596. The smallest absolute Gasteiger partial charge is 0.269 e. The van der Waals surface area contributed by atoms with Crippen LogP contribution in [0.2, 0.25) is 0 Å². The number of amidine groups is 1. The normalized spacial score (nSPS) is 10.4. The van der Waals surface area contributed by atoms with E-state index in [9.17, 15) is 10.1 Å². The van der Waals surface area contributed by atoms with Gasteiger partial charge in [-0.3, -0.25) is 10.1 Å². The molecule has 0 amide bonds. The van der Waals surface area contributed by atoms with Gasteiger partial charge in [-0.1, -0.05) is 0 Å². The summed E-state index contributed by atoms with van der Waals surface area (Å²) < 4.78 is 0. The van der Waals surface area contributed by atoms with Crippen molar-refractivity contribution >= 4 is 23.9 Å². The first-order valence-corrected chi connectivity index (χ1v) is 3.43. The topological polar surface area (TPSA) is 108 Å². The maximum atomic E-state index is 10.3. The van der Waals surface area contributed by atoms with Crippen LogP contribution in [0, 0.1) is 10.1 Å². The summed E-state index contributed by atoms with van der Waals surface area (Å²) in [7, 11) is 0. The summed E-state index contributed by atoms with van der Waals surface area (Å²) in [6, 6.07) is 5.66. The molecular formula is C7H9ClN4O2. The number of halogens is 1. The zero-order chi connectivity index (χ0) is 9.84. The fraction of sp³-hybridized carbons (Fsp3) is 0.